The largest absolute Gasteiger partial charge is 0.478 e. The van der Waals surface area contributed by atoms with Crippen molar-refractivity contribution in [2.24, 2.45) is 21.5 Å². The van der Waals surface area contributed by atoms with Crippen LogP contribution >= 0.6 is 0 Å². The topological polar surface area (TPSA) is 172 Å². The highest BCUT2D eigenvalue weighted by atomic mass is 16.4. The molecule has 2 aliphatic rings. The SMILES string of the molecule is NC1=NC2(CCCCC2)N(c2cc(-c3nn[nH]n3)ccc2C(=O)O)C(N)=N1. The normalized spacial score (nSPS) is 18.9. The maximum atomic E-state index is 11.9. The van der Waals surface area contributed by atoms with Crippen molar-refractivity contribution in [3.05, 3.63) is 23.8 Å². The van der Waals surface area contributed by atoms with Crippen molar-refractivity contribution in [2.45, 2.75) is 37.8 Å². The monoisotopic (exact) mass is 369 g/mol. The lowest BCUT2D eigenvalue weighted by Gasteiger charge is -2.46. The smallest absolute Gasteiger partial charge is 0.337 e. The Bertz CT molecular complexity index is 929. The number of carboxylic acids is 1. The van der Waals surface area contributed by atoms with Gasteiger partial charge in [-0.05, 0) is 43.0 Å². The van der Waals surface area contributed by atoms with E-state index in [1.807, 2.05) is 0 Å². The van der Waals surface area contributed by atoms with Gasteiger partial charge in [0.1, 0.15) is 5.66 Å². The first-order valence-electron chi connectivity index (χ1n) is 8.61. The third kappa shape index (κ3) is 2.86. The minimum atomic E-state index is -1.08. The van der Waals surface area contributed by atoms with Crippen LogP contribution in [0.15, 0.2) is 28.2 Å². The van der Waals surface area contributed by atoms with Crippen LogP contribution < -0.4 is 16.4 Å². The number of guanidine groups is 2. The van der Waals surface area contributed by atoms with Crippen LogP contribution in [0, 0.1) is 0 Å². The molecule has 0 amide bonds. The van der Waals surface area contributed by atoms with Crippen molar-refractivity contribution < 1.29 is 9.90 Å². The molecular formula is C16H19N9O2. The van der Waals surface area contributed by atoms with E-state index in [4.69, 9.17) is 11.5 Å². The van der Waals surface area contributed by atoms with Crippen molar-refractivity contribution in [3.8, 4) is 11.4 Å². The molecule has 11 nitrogen and oxygen atoms in total. The lowest BCUT2D eigenvalue weighted by atomic mass is 9.86. The highest BCUT2D eigenvalue weighted by Crippen LogP contribution is 2.41. The maximum absolute atomic E-state index is 11.9. The van der Waals surface area contributed by atoms with Gasteiger partial charge in [0.2, 0.25) is 17.7 Å². The average molecular weight is 369 g/mol. The Morgan fingerprint density at radius 2 is 2.00 bits per heavy atom. The van der Waals surface area contributed by atoms with E-state index in [0.717, 1.165) is 19.3 Å². The first-order chi connectivity index (χ1) is 13.0. The molecule has 27 heavy (non-hydrogen) atoms. The van der Waals surface area contributed by atoms with Gasteiger partial charge in [0.15, 0.2) is 0 Å². The summed E-state index contributed by atoms with van der Waals surface area (Å²) in [5.41, 5.74) is 12.4. The molecule has 1 fully saturated rings. The van der Waals surface area contributed by atoms with Crippen molar-refractivity contribution >= 4 is 23.6 Å². The number of aliphatic imine (C=N–C) groups is 2. The molecule has 4 rings (SSSR count). The number of carboxylic acid groups (broad SMARTS) is 1. The molecule has 2 heterocycles. The summed E-state index contributed by atoms with van der Waals surface area (Å²) in [6.07, 6.45) is 4.36. The van der Waals surface area contributed by atoms with Gasteiger partial charge in [-0.15, -0.1) is 10.2 Å². The van der Waals surface area contributed by atoms with E-state index in [-0.39, 0.29) is 17.5 Å². The highest BCUT2D eigenvalue weighted by molar-refractivity contribution is 6.09. The van der Waals surface area contributed by atoms with Gasteiger partial charge >= 0.3 is 5.97 Å². The number of hydrogen-bond donors (Lipinski definition) is 4. The first-order valence-corrected chi connectivity index (χ1v) is 8.61. The summed E-state index contributed by atoms with van der Waals surface area (Å²) in [6, 6.07) is 4.79. The fraction of sp³-hybridized carbons (Fsp3) is 0.375. The van der Waals surface area contributed by atoms with E-state index >= 15 is 0 Å². The molecule has 0 bridgehead atoms. The molecule has 140 valence electrons. The second-order valence-corrected chi connectivity index (χ2v) is 6.59. The van der Waals surface area contributed by atoms with Gasteiger partial charge in [-0.2, -0.15) is 10.2 Å². The second kappa shape index (κ2) is 6.34. The predicted molar refractivity (Wildman–Crippen MR) is 98.1 cm³/mol. The lowest BCUT2D eigenvalue weighted by Crippen LogP contribution is -2.58. The second-order valence-electron chi connectivity index (χ2n) is 6.59. The zero-order valence-corrected chi connectivity index (χ0v) is 14.5. The standard InChI is InChI=1S/C16H19N9O2/c17-14-19-15(18)25(16(20-14)6-2-1-3-7-16)11-8-9(12-21-23-24-22-12)4-5-10(11)13(26)27/h4-5,8H,1-3,6-7H2,(H,26,27)(H4,17,18,19,20)(H,21,22,23,24). The van der Waals surface area contributed by atoms with Crippen molar-refractivity contribution in [1.82, 2.24) is 20.6 Å². The van der Waals surface area contributed by atoms with E-state index in [9.17, 15) is 9.90 Å². The summed E-state index contributed by atoms with van der Waals surface area (Å²) >= 11 is 0. The third-order valence-electron chi connectivity index (χ3n) is 4.92. The minimum Gasteiger partial charge on any atom is -0.478 e. The Hall–Kier alpha value is -3.50. The van der Waals surface area contributed by atoms with Crippen LogP contribution in [0.3, 0.4) is 0 Å². The molecule has 1 spiro atoms. The van der Waals surface area contributed by atoms with Crippen LogP contribution in [0.1, 0.15) is 42.5 Å². The Morgan fingerprint density at radius 3 is 2.67 bits per heavy atom. The molecule has 0 unspecified atom stereocenters. The van der Waals surface area contributed by atoms with E-state index in [1.54, 1.807) is 17.0 Å². The summed E-state index contributed by atoms with van der Waals surface area (Å²) in [4.78, 5) is 22.2. The summed E-state index contributed by atoms with van der Waals surface area (Å²) in [5, 5.41) is 23.6. The van der Waals surface area contributed by atoms with Crippen LogP contribution in [0.25, 0.3) is 11.4 Å². The number of nitrogens with two attached hydrogens (primary N) is 2. The number of anilines is 1. The number of H-pyrrole nitrogens is 1. The van der Waals surface area contributed by atoms with Gasteiger partial charge < -0.3 is 16.6 Å². The molecule has 1 saturated carbocycles. The van der Waals surface area contributed by atoms with Crippen LogP contribution in [0.4, 0.5) is 5.69 Å². The Labute approximate surface area is 154 Å². The molecule has 1 aliphatic heterocycles. The highest BCUT2D eigenvalue weighted by Gasteiger charge is 2.43. The number of nitrogens with zero attached hydrogens (tertiary/aromatic N) is 6. The number of hydrogen-bond acceptors (Lipinski definition) is 9. The number of benzene rings is 1. The molecule has 0 saturated heterocycles. The number of rotatable bonds is 3. The van der Waals surface area contributed by atoms with Crippen LogP contribution in [0.2, 0.25) is 0 Å². The van der Waals surface area contributed by atoms with Crippen molar-refractivity contribution in [2.75, 3.05) is 4.90 Å². The quantitative estimate of drug-likeness (QED) is 0.611. The van der Waals surface area contributed by atoms with E-state index < -0.39 is 11.6 Å². The summed E-state index contributed by atoms with van der Waals surface area (Å²) in [6.45, 7) is 0. The number of aromatic nitrogens is 4. The lowest BCUT2D eigenvalue weighted by molar-refractivity contribution is 0.0697. The minimum absolute atomic E-state index is 0.0843. The zero-order valence-electron chi connectivity index (χ0n) is 14.5. The maximum Gasteiger partial charge on any atom is 0.337 e. The van der Waals surface area contributed by atoms with Crippen LogP contribution in [-0.2, 0) is 0 Å². The van der Waals surface area contributed by atoms with E-state index in [2.05, 4.69) is 30.6 Å². The Kier molecular flexibility index (Phi) is 3.98. The van der Waals surface area contributed by atoms with Crippen molar-refractivity contribution in [1.29, 1.82) is 0 Å². The molecule has 0 atom stereocenters. The summed E-state index contributed by atoms with van der Waals surface area (Å²) < 4.78 is 0. The number of aromatic amines is 1. The van der Waals surface area contributed by atoms with Gasteiger partial charge in [0, 0.05) is 5.56 Å². The average Bonchev–Trinajstić information content (AvgIpc) is 3.16. The van der Waals surface area contributed by atoms with Gasteiger partial charge in [0.25, 0.3) is 0 Å². The molecule has 1 aromatic carbocycles. The molecule has 11 heteroatoms. The zero-order chi connectivity index (χ0) is 19.0. The molecule has 6 N–H and O–H groups in total. The van der Waals surface area contributed by atoms with Gasteiger partial charge in [0.05, 0.1) is 11.3 Å². The molecule has 2 aromatic rings. The Balaban J connectivity index is 1.90. The van der Waals surface area contributed by atoms with Gasteiger partial charge in [-0.25, -0.2) is 9.79 Å². The molecular weight excluding hydrogens is 350 g/mol. The predicted octanol–water partition coefficient (Wildman–Crippen LogP) is 0.675. The fourth-order valence-corrected chi connectivity index (χ4v) is 3.79. The number of nitrogens with one attached hydrogen (secondary N) is 1. The van der Waals surface area contributed by atoms with E-state index in [0.29, 0.717) is 29.9 Å². The van der Waals surface area contributed by atoms with E-state index in [1.165, 1.54) is 6.07 Å². The first kappa shape index (κ1) is 16.9. The molecule has 0 radical (unpaired) electrons. The Morgan fingerprint density at radius 1 is 1.22 bits per heavy atom. The molecule has 1 aliphatic carbocycles. The van der Waals surface area contributed by atoms with Crippen LogP contribution in [0.5, 0.6) is 0 Å². The van der Waals surface area contributed by atoms with Crippen LogP contribution in [-0.4, -0.2) is 49.3 Å². The number of aromatic carboxylic acids is 1. The molecule has 1 aromatic heterocycles. The number of tetrazole rings is 1. The van der Waals surface area contributed by atoms with Crippen molar-refractivity contribution in [3.63, 3.8) is 0 Å². The van der Waals surface area contributed by atoms with Gasteiger partial charge in [-0.1, -0.05) is 12.5 Å². The number of carbonyl (C=O) groups is 1. The summed E-state index contributed by atoms with van der Waals surface area (Å²) in [7, 11) is 0. The van der Waals surface area contributed by atoms with Gasteiger partial charge in [-0.3, -0.25) is 4.90 Å². The fourth-order valence-electron chi connectivity index (χ4n) is 3.79. The summed E-state index contributed by atoms with van der Waals surface area (Å²) in [5.74, 6) is -0.499. The third-order valence-corrected chi connectivity index (χ3v) is 4.92.